The molecule has 0 amide bonds. The van der Waals surface area contributed by atoms with Crippen molar-refractivity contribution in [2.75, 3.05) is 10.5 Å². The molecule has 180 valence electrons. The van der Waals surface area contributed by atoms with Gasteiger partial charge in [0.1, 0.15) is 22.2 Å². The predicted molar refractivity (Wildman–Crippen MR) is 125 cm³/mol. The zero-order chi connectivity index (χ0) is 24.8. The van der Waals surface area contributed by atoms with E-state index >= 15 is 0 Å². The molecule has 0 spiro atoms. The maximum Gasteiger partial charge on any atom is 0.264 e. The highest BCUT2D eigenvalue weighted by Gasteiger charge is 2.32. The first-order valence-corrected chi connectivity index (χ1v) is 13.6. The van der Waals surface area contributed by atoms with Crippen molar-refractivity contribution >= 4 is 25.5 Å². The van der Waals surface area contributed by atoms with Crippen molar-refractivity contribution in [3.05, 3.63) is 78.6 Å². The van der Waals surface area contributed by atoms with Gasteiger partial charge in [0, 0.05) is 35.8 Å². The van der Waals surface area contributed by atoms with Gasteiger partial charge in [0.2, 0.25) is 0 Å². The maximum absolute atomic E-state index is 14.1. The number of benzene rings is 2. The Morgan fingerprint density at radius 3 is 2.51 bits per heavy atom. The fourth-order valence-corrected chi connectivity index (χ4v) is 6.84. The van der Waals surface area contributed by atoms with E-state index < -0.39 is 36.4 Å². The number of hydrogen-bond acceptors (Lipinski definition) is 6. The molecule has 0 fully saturated rings. The van der Waals surface area contributed by atoms with Gasteiger partial charge in [-0.15, -0.1) is 0 Å². The Labute approximate surface area is 200 Å². The lowest BCUT2D eigenvalue weighted by Crippen LogP contribution is -2.21. The van der Waals surface area contributed by atoms with Gasteiger partial charge >= 0.3 is 0 Å². The molecular weight excluding hydrogens is 498 g/mol. The van der Waals surface area contributed by atoms with Gasteiger partial charge in [-0.2, -0.15) is 5.10 Å². The Balaban J connectivity index is 1.63. The minimum atomic E-state index is -4.44. The molecule has 2 aromatic heterocycles. The Morgan fingerprint density at radius 2 is 1.74 bits per heavy atom. The number of hydrogen-bond donors (Lipinski definition) is 1. The molecule has 35 heavy (non-hydrogen) atoms. The summed E-state index contributed by atoms with van der Waals surface area (Å²) in [6.45, 7) is 0.414. The van der Waals surface area contributed by atoms with Crippen molar-refractivity contribution in [2.45, 2.75) is 22.9 Å². The van der Waals surface area contributed by atoms with E-state index in [4.69, 9.17) is 0 Å². The molecule has 0 saturated heterocycles. The smallest absolute Gasteiger partial charge is 0.264 e. The summed E-state index contributed by atoms with van der Waals surface area (Å²) in [5.74, 6) is -2.00. The van der Waals surface area contributed by atoms with Crippen LogP contribution in [0.2, 0.25) is 0 Å². The van der Waals surface area contributed by atoms with Crippen LogP contribution in [0.1, 0.15) is 6.42 Å². The number of sulfone groups is 1. The molecule has 5 rings (SSSR count). The Morgan fingerprint density at radius 1 is 0.971 bits per heavy atom. The van der Waals surface area contributed by atoms with Crippen molar-refractivity contribution in [3.63, 3.8) is 0 Å². The van der Waals surface area contributed by atoms with Gasteiger partial charge < -0.3 is 0 Å². The van der Waals surface area contributed by atoms with Gasteiger partial charge in [-0.25, -0.2) is 25.6 Å². The largest absolute Gasteiger partial charge is 0.280 e. The molecule has 12 heteroatoms. The highest BCUT2D eigenvalue weighted by atomic mass is 32.2. The molecule has 0 aliphatic carbocycles. The van der Waals surface area contributed by atoms with Crippen LogP contribution in [-0.2, 0) is 26.4 Å². The third kappa shape index (κ3) is 4.30. The number of pyridine rings is 1. The predicted octanol–water partition coefficient (Wildman–Crippen LogP) is 3.87. The lowest BCUT2D eigenvalue weighted by molar-refractivity contribution is 0.504. The van der Waals surface area contributed by atoms with Crippen LogP contribution >= 0.6 is 0 Å². The maximum atomic E-state index is 14.1. The van der Waals surface area contributed by atoms with E-state index in [-0.39, 0.29) is 16.5 Å². The minimum Gasteiger partial charge on any atom is -0.280 e. The van der Waals surface area contributed by atoms with Crippen molar-refractivity contribution in [1.82, 2.24) is 14.8 Å². The molecule has 0 bridgehead atoms. The molecule has 1 aliphatic rings. The van der Waals surface area contributed by atoms with Crippen molar-refractivity contribution in [2.24, 2.45) is 0 Å². The number of anilines is 1. The first kappa shape index (κ1) is 23.1. The molecule has 8 nitrogen and oxygen atoms in total. The first-order chi connectivity index (χ1) is 16.7. The van der Waals surface area contributed by atoms with Crippen LogP contribution in [0.25, 0.3) is 22.4 Å². The number of aromatic nitrogens is 3. The molecule has 1 aliphatic heterocycles. The molecule has 3 heterocycles. The number of halogens is 2. The Hall–Kier alpha value is -3.64. The van der Waals surface area contributed by atoms with E-state index in [9.17, 15) is 25.6 Å². The molecule has 0 unspecified atom stereocenters. The van der Waals surface area contributed by atoms with Crippen LogP contribution in [0.15, 0.2) is 76.9 Å². The summed E-state index contributed by atoms with van der Waals surface area (Å²) in [6, 6.07) is 11.6. The zero-order valence-electron chi connectivity index (χ0n) is 18.0. The summed E-state index contributed by atoms with van der Waals surface area (Å²) in [5, 5.41) is 4.64. The molecule has 4 aromatic rings. The normalized spacial score (nSPS) is 14.9. The van der Waals surface area contributed by atoms with E-state index in [1.165, 1.54) is 29.2 Å². The van der Waals surface area contributed by atoms with Gasteiger partial charge in [-0.3, -0.25) is 14.4 Å². The van der Waals surface area contributed by atoms with E-state index in [1.54, 1.807) is 24.3 Å². The monoisotopic (exact) mass is 516 g/mol. The van der Waals surface area contributed by atoms with E-state index in [0.717, 1.165) is 12.1 Å². The zero-order valence-corrected chi connectivity index (χ0v) is 19.7. The lowest BCUT2D eigenvalue weighted by Gasteiger charge is -2.15. The average Bonchev–Trinajstić information content (AvgIpc) is 3.22. The molecular formula is C23H18F2N4O4S2. The molecule has 0 radical (unpaired) electrons. The standard InChI is InChI=1S/C23H18F2N4O4S2/c24-17-5-6-19(25)20(14-17)35(32,33)28-18-4-1-3-16(13-18)22-21(15-7-9-26-10-8-15)23-29(27-22)11-2-12-34(23,30)31/h1,3-10,13-14,28H,2,11-12H2. The number of nitrogens with zero attached hydrogens (tertiary/aromatic N) is 3. The topological polar surface area (TPSA) is 111 Å². The lowest BCUT2D eigenvalue weighted by atomic mass is 10.0. The summed E-state index contributed by atoms with van der Waals surface area (Å²) in [5.41, 5.74) is 1.84. The second-order valence-corrected chi connectivity index (χ2v) is 11.6. The third-order valence-corrected chi connectivity index (χ3v) is 8.75. The van der Waals surface area contributed by atoms with Gasteiger partial charge in [0.25, 0.3) is 10.0 Å². The van der Waals surface area contributed by atoms with Gasteiger partial charge in [-0.05, 0) is 54.4 Å². The van der Waals surface area contributed by atoms with Crippen LogP contribution in [0.3, 0.4) is 0 Å². The van der Waals surface area contributed by atoms with E-state index in [0.29, 0.717) is 41.4 Å². The summed E-state index contributed by atoms with van der Waals surface area (Å²) in [7, 11) is -8.04. The minimum absolute atomic E-state index is 0.00471. The third-order valence-electron chi connectivity index (χ3n) is 5.52. The number of rotatable bonds is 5. The second-order valence-electron chi connectivity index (χ2n) is 7.92. The molecule has 0 atom stereocenters. The van der Waals surface area contributed by atoms with Gasteiger partial charge in [0.15, 0.2) is 14.9 Å². The van der Waals surface area contributed by atoms with Crippen LogP contribution in [0.5, 0.6) is 0 Å². The summed E-state index contributed by atoms with van der Waals surface area (Å²) in [6.07, 6.45) is 3.50. The van der Waals surface area contributed by atoms with Crippen molar-refractivity contribution in [1.29, 1.82) is 0 Å². The SMILES string of the molecule is O=S1(=O)CCCn2nc(-c3cccc(NS(=O)(=O)c4cc(F)ccc4F)c3)c(-c3ccncc3)c21. The second kappa shape index (κ2) is 8.54. The fraction of sp³-hybridized carbons (Fsp3) is 0.130. The van der Waals surface area contributed by atoms with Crippen molar-refractivity contribution in [3.8, 4) is 22.4 Å². The number of fused-ring (bicyclic) bond motifs is 1. The summed E-state index contributed by atoms with van der Waals surface area (Å²) in [4.78, 5) is 3.16. The van der Waals surface area contributed by atoms with Crippen molar-refractivity contribution < 1.29 is 25.6 Å². The molecule has 2 aromatic carbocycles. The number of nitrogens with one attached hydrogen (secondary N) is 1. The van der Waals surface area contributed by atoms with E-state index in [1.807, 2.05) is 0 Å². The Bertz CT molecular complexity index is 1650. The quantitative estimate of drug-likeness (QED) is 0.431. The summed E-state index contributed by atoms with van der Waals surface area (Å²) >= 11 is 0. The van der Waals surface area contributed by atoms with Crippen LogP contribution < -0.4 is 4.72 Å². The summed E-state index contributed by atoms with van der Waals surface area (Å²) < 4.78 is 82.7. The Kier molecular flexibility index (Phi) is 5.64. The van der Waals surface area contributed by atoms with Crippen LogP contribution in [0, 0.1) is 11.6 Å². The fourth-order valence-electron chi connectivity index (χ4n) is 4.02. The molecule has 1 N–H and O–H groups in total. The number of sulfonamides is 1. The number of aryl methyl sites for hydroxylation is 1. The highest BCUT2D eigenvalue weighted by molar-refractivity contribution is 7.92. The van der Waals surface area contributed by atoms with Crippen LogP contribution in [-0.4, -0.2) is 37.4 Å². The highest BCUT2D eigenvalue weighted by Crippen LogP contribution is 2.39. The average molecular weight is 517 g/mol. The van der Waals surface area contributed by atoms with Gasteiger partial charge in [-0.1, -0.05) is 12.1 Å². The molecule has 0 saturated carbocycles. The van der Waals surface area contributed by atoms with Crippen LogP contribution in [0.4, 0.5) is 14.5 Å². The van der Waals surface area contributed by atoms with Gasteiger partial charge in [0.05, 0.1) is 5.75 Å². The van der Waals surface area contributed by atoms with E-state index in [2.05, 4.69) is 14.8 Å². The first-order valence-electron chi connectivity index (χ1n) is 10.5.